The molecule has 0 aromatic heterocycles. The van der Waals surface area contributed by atoms with Crippen molar-refractivity contribution in [2.75, 3.05) is 0 Å². The van der Waals surface area contributed by atoms with E-state index in [-0.39, 0.29) is 0 Å². The Morgan fingerprint density at radius 1 is 1.43 bits per heavy atom. The van der Waals surface area contributed by atoms with Gasteiger partial charge in [-0.15, -0.1) is 0 Å². The van der Waals surface area contributed by atoms with Gasteiger partial charge < -0.3 is 0 Å². The highest BCUT2D eigenvalue weighted by Crippen LogP contribution is 2.35. The van der Waals surface area contributed by atoms with Crippen molar-refractivity contribution in [2.45, 2.75) is 26.4 Å². The van der Waals surface area contributed by atoms with Crippen LogP contribution in [0.5, 0.6) is 0 Å². The smallest absolute Gasteiger partial charge is 0.103 e. The van der Waals surface area contributed by atoms with Crippen LogP contribution in [0.15, 0.2) is 0 Å². The van der Waals surface area contributed by atoms with Gasteiger partial charge in [-0.25, -0.2) is 4.39 Å². The Kier molecular flexibility index (Phi) is 1.06. The summed E-state index contributed by atoms with van der Waals surface area (Å²) in [6, 6.07) is 0. The highest BCUT2D eigenvalue weighted by Gasteiger charge is 2.33. The largest absolute Gasteiger partial charge is 0.247 e. The van der Waals surface area contributed by atoms with Crippen molar-refractivity contribution in [3.05, 3.63) is 0 Å². The molecule has 1 fully saturated rings. The zero-order valence-corrected chi connectivity index (χ0v) is 4.82. The molecule has 1 saturated carbocycles. The molecule has 0 radical (unpaired) electrons. The maximum absolute atomic E-state index is 12.2. The molecule has 1 rings (SSSR count). The number of hydrogen-bond donors (Lipinski definition) is 0. The molecular formula is C6H11F. The van der Waals surface area contributed by atoms with Gasteiger partial charge in [-0.05, 0) is 18.3 Å². The molecule has 0 nitrogen and oxygen atoms in total. The minimum Gasteiger partial charge on any atom is -0.247 e. The van der Waals surface area contributed by atoms with E-state index in [1.54, 1.807) is 0 Å². The van der Waals surface area contributed by atoms with Crippen LogP contribution in [0.2, 0.25) is 0 Å². The normalized spacial score (nSPS) is 51.0. The van der Waals surface area contributed by atoms with Gasteiger partial charge in [0, 0.05) is 0 Å². The van der Waals surface area contributed by atoms with Gasteiger partial charge in [0.05, 0.1) is 0 Å². The lowest BCUT2D eigenvalue weighted by Gasteiger charge is -2.34. The fourth-order valence-corrected chi connectivity index (χ4v) is 0.945. The summed E-state index contributed by atoms with van der Waals surface area (Å²) in [6.45, 7) is 4.07. The van der Waals surface area contributed by atoms with Gasteiger partial charge in [0.1, 0.15) is 6.17 Å². The van der Waals surface area contributed by atoms with Crippen molar-refractivity contribution < 1.29 is 4.39 Å². The summed E-state index contributed by atoms with van der Waals surface area (Å²) < 4.78 is 12.2. The molecule has 42 valence electrons. The summed E-state index contributed by atoms with van der Waals surface area (Å²) in [7, 11) is 0. The minimum absolute atomic E-state index is 0.333. The Morgan fingerprint density at radius 3 is 2.00 bits per heavy atom. The van der Waals surface area contributed by atoms with E-state index in [1.165, 1.54) is 0 Å². The SMILES string of the molecule is CC1C[C@@H](F)C1C. The first kappa shape index (κ1) is 5.07. The zero-order valence-electron chi connectivity index (χ0n) is 4.82. The maximum Gasteiger partial charge on any atom is 0.103 e. The molecule has 0 amide bonds. The van der Waals surface area contributed by atoms with E-state index in [9.17, 15) is 4.39 Å². The fraction of sp³-hybridized carbons (Fsp3) is 1.00. The van der Waals surface area contributed by atoms with Crippen molar-refractivity contribution in [3.8, 4) is 0 Å². The molecule has 1 aliphatic rings. The molecule has 0 aromatic carbocycles. The van der Waals surface area contributed by atoms with Crippen LogP contribution in [0.3, 0.4) is 0 Å². The molecule has 0 bridgehead atoms. The van der Waals surface area contributed by atoms with E-state index in [1.807, 2.05) is 6.92 Å². The Balaban J connectivity index is 2.29. The van der Waals surface area contributed by atoms with Gasteiger partial charge in [-0.3, -0.25) is 0 Å². The first-order valence-electron chi connectivity index (χ1n) is 2.86. The Labute approximate surface area is 43.7 Å². The van der Waals surface area contributed by atoms with Crippen LogP contribution >= 0.6 is 0 Å². The molecule has 0 saturated heterocycles. The molecule has 0 aliphatic heterocycles. The van der Waals surface area contributed by atoms with Crippen molar-refractivity contribution in [1.29, 1.82) is 0 Å². The molecule has 0 aromatic rings. The van der Waals surface area contributed by atoms with Crippen LogP contribution in [-0.4, -0.2) is 6.17 Å². The minimum atomic E-state index is -0.491. The summed E-state index contributed by atoms with van der Waals surface area (Å²) >= 11 is 0. The van der Waals surface area contributed by atoms with E-state index < -0.39 is 6.17 Å². The fourth-order valence-electron chi connectivity index (χ4n) is 0.945. The molecular weight excluding hydrogens is 91.1 g/mol. The summed E-state index contributed by atoms with van der Waals surface area (Å²) in [5.74, 6) is 0.968. The van der Waals surface area contributed by atoms with Crippen molar-refractivity contribution in [2.24, 2.45) is 11.8 Å². The zero-order chi connectivity index (χ0) is 5.44. The first-order valence-corrected chi connectivity index (χ1v) is 2.86. The number of hydrogen-bond acceptors (Lipinski definition) is 0. The van der Waals surface area contributed by atoms with Crippen LogP contribution < -0.4 is 0 Å². The lowest BCUT2D eigenvalue weighted by molar-refractivity contribution is 0.0593. The summed E-state index contributed by atoms with van der Waals surface area (Å²) in [6.07, 6.45) is 0.302. The van der Waals surface area contributed by atoms with Crippen molar-refractivity contribution in [1.82, 2.24) is 0 Å². The van der Waals surface area contributed by atoms with Gasteiger partial charge in [-0.1, -0.05) is 13.8 Å². The van der Waals surface area contributed by atoms with Gasteiger partial charge in [-0.2, -0.15) is 0 Å². The number of halogens is 1. The second kappa shape index (κ2) is 1.46. The van der Waals surface area contributed by atoms with Crippen LogP contribution in [0, 0.1) is 11.8 Å². The van der Waals surface area contributed by atoms with Crippen LogP contribution in [0.25, 0.3) is 0 Å². The molecule has 2 unspecified atom stereocenters. The number of alkyl halides is 1. The molecule has 0 N–H and O–H groups in total. The van der Waals surface area contributed by atoms with Gasteiger partial charge in [0.25, 0.3) is 0 Å². The predicted octanol–water partition coefficient (Wildman–Crippen LogP) is 2.00. The third-order valence-corrected chi connectivity index (χ3v) is 2.07. The second-order valence-electron chi connectivity index (χ2n) is 2.59. The quantitative estimate of drug-likeness (QED) is 0.439. The predicted molar refractivity (Wildman–Crippen MR) is 27.8 cm³/mol. The van der Waals surface area contributed by atoms with E-state index >= 15 is 0 Å². The van der Waals surface area contributed by atoms with Crippen LogP contribution in [-0.2, 0) is 0 Å². The maximum atomic E-state index is 12.2. The summed E-state index contributed by atoms with van der Waals surface area (Å²) in [5, 5.41) is 0. The lowest BCUT2D eigenvalue weighted by Crippen LogP contribution is -2.33. The van der Waals surface area contributed by atoms with E-state index in [2.05, 4.69) is 6.92 Å². The third kappa shape index (κ3) is 0.644. The van der Waals surface area contributed by atoms with E-state index in [4.69, 9.17) is 0 Å². The second-order valence-corrected chi connectivity index (χ2v) is 2.59. The van der Waals surface area contributed by atoms with Crippen molar-refractivity contribution >= 4 is 0 Å². The molecule has 7 heavy (non-hydrogen) atoms. The highest BCUT2D eigenvalue weighted by atomic mass is 19.1. The van der Waals surface area contributed by atoms with Crippen molar-refractivity contribution in [3.63, 3.8) is 0 Å². The molecule has 3 atom stereocenters. The van der Waals surface area contributed by atoms with Crippen LogP contribution in [0.4, 0.5) is 4.39 Å². The van der Waals surface area contributed by atoms with E-state index in [0.29, 0.717) is 11.8 Å². The Hall–Kier alpha value is -0.0700. The van der Waals surface area contributed by atoms with E-state index in [0.717, 1.165) is 6.42 Å². The van der Waals surface area contributed by atoms with Gasteiger partial charge >= 0.3 is 0 Å². The lowest BCUT2D eigenvalue weighted by atomic mass is 9.75. The summed E-state index contributed by atoms with van der Waals surface area (Å²) in [5.41, 5.74) is 0. The molecule has 1 heteroatoms. The first-order chi connectivity index (χ1) is 3.22. The molecule has 0 spiro atoms. The number of rotatable bonds is 0. The third-order valence-electron chi connectivity index (χ3n) is 2.07. The average Bonchev–Trinajstić information content (AvgIpc) is 1.68. The van der Waals surface area contributed by atoms with Crippen LogP contribution in [0.1, 0.15) is 20.3 Å². The molecule has 1 aliphatic carbocycles. The molecule has 0 heterocycles. The highest BCUT2D eigenvalue weighted by molar-refractivity contribution is 4.82. The standard InChI is InChI=1S/C6H11F/c1-4-3-6(7)5(4)2/h4-6H,3H2,1-2H3/t4?,5?,6-/m1/s1. The monoisotopic (exact) mass is 102 g/mol. The topological polar surface area (TPSA) is 0 Å². The Morgan fingerprint density at radius 2 is 2.00 bits per heavy atom. The average molecular weight is 102 g/mol. The Bertz CT molecular complexity index is 62.6. The van der Waals surface area contributed by atoms with Gasteiger partial charge in [0.2, 0.25) is 0 Å². The summed E-state index contributed by atoms with van der Waals surface area (Å²) in [4.78, 5) is 0. The van der Waals surface area contributed by atoms with Gasteiger partial charge in [0.15, 0.2) is 0 Å².